The first-order valence-electron chi connectivity index (χ1n) is 10.7. The van der Waals surface area contributed by atoms with Crippen molar-refractivity contribution in [2.24, 2.45) is 0 Å². The van der Waals surface area contributed by atoms with Gasteiger partial charge in [0.15, 0.2) is 10.1 Å². The molecular formula is C19H33F10NO3S. The molecule has 0 aliphatic carbocycles. The van der Waals surface area contributed by atoms with E-state index in [2.05, 4.69) is 27.7 Å². The minimum atomic E-state index is -7.59. The minimum absolute atomic E-state index is 0.158. The summed E-state index contributed by atoms with van der Waals surface area (Å²) in [6, 6.07) is 0. The number of hydrogen-bond donors (Lipinski definition) is 0. The molecule has 34 heavy (non-hydrogen) atoms. The second-order valence-electron chi connectivity index (χ2n) is 7.82. The summed E-state index contributed by atoms with van der Waals surface area (Å²) in [6.45, 7) is 15.8. The van der Waals surface area contributed by atoms with Crippen molar-refractivity contribution in [3.8, 4) is 0 Å². The monoisotopic (exact) mass is 545 g/mol. The molecule has 0 amide bonds. The van der Waals surface area contributed by atoms with Crippen molar-refractivity contribution in [3.63, 3.8) is 0 Å². The summed E-state index contributed by atoms with van der Waals surface area (Å²) >= 11 is 0. The largest absolute Gasteiger partial charge is 0.743 e. The molecule has 0 saturated carbocycles. The second kappa shape index (κ2) is 12.4. The Kier molecular flexibility index (Phi) is 12.9. The van der Waals surface area contributed by atoms with Gasteiger partial charge in [0.2, 0.25) is 0 Å². The van der Waals surface area contributed by atoms with Crippen LogP contribution in [0.5, 0.6) is 0 Å². The molecule has 15 heteroatoms. The van der Waals surface area contributed by atoms with E-state index in [-0.39, 0.29) is 12.8 Å². The first-order valence-corrected chi connectivity index (χ1v) is 12.2. The van der Waals surface area contributed by atoms with Crippen molar-refractivity contribution < 1.29 is 61.4 Å². The van der Waals surface area contributed by atoms with Gasteiger partial charge in [0.1, 0.15) is 0 Å². The number of hydrogen-bond acceptors (Lipinski definition) is 3. The maximum absolute atomic E-state index is 13.3. The lowest BCUT2D eigenvalue weighted by Gasteiger charge is -2.39. The quantitative estimate of drug-likeness (QED) is 0.108. The normalized spacial score (nSPS) is 14.6. The highest BCUT2D eigenvalue weighted by molar-refractivity contribution is 7.86. The smallest absolute Gasteiger partial charge is 0.402 e. The van der Waals surface area contributed by atoms with Gasteiger partial charge in [-0.05, 0) is 34.1 Å². The molecule has 0 N–H and O–H groups in total. The zero-order valence-corrected chi connectivity index (χ0v) is 20.5. The Bertz CT molecular complexity index is 694. The van der Waals surface area contributed by atoms with Crippen molar-refractivity contribution in [1.82, 2.24) is 0 Å². The highest BCUT2D eigenvalue weighted by Gasteiger charge is 2.87. The fourth-order valence-corrected chi connectivity index (χ4v) is 3.48. The number of alkyl halides is 10. The molecule has 0 heterocycles. The molecule has 0 rings (SSSR count). The Hall–Kier alpha value is -0.830. The van der Waals surface area contributed by atoms with Gasteiger partial charge in [0.25, 0.3) is 0 Å². The summed E-state index contributed by atoms with van der Waals surface area (Å²) in [4.78, 5) is 0. The van der Waals surface area contributed by atoms with Crippen molar-refractivity contribution in [2.75, 3.05) is 26.2 Å². The van der Waals surface area contributed by atoms with Gasteiger partial charge in [-0.3, -0.25) is 0 Å². The molecule has 0 aromatic carbocycles. The zero-order chi connectivity index (χ0) is 27.9. The first kappa shape index (κ1) is 35.3. The predicted octanol–water partition coefficient (Wildman–Crippen LogP) is 6.52. The molecule has 0 aromatic rings. The van der Waals surface area contributed by atoms with E-state index in [9.17, 15) is 56.9 Å². The van der Waals surface area contributed by atoms with Crippen LogP contribution in [0, 0.1) is 0 Å². The van der Waals surface area contributed by atoms with Crippen LogP contribution in [0.1, 0.15) is 66.7 Å². The lowest BCUT2D eigenvalue weighted by Crippen LogP contribution is -2.68. The van der Waals surface area contributed by atoms with Crippen molar-refractivity contribution in [3.05, 3.63) is 0 Å². The summed E-state index contributed by atoms with van der Waals surface area (Å²) in [7, 11) is -7.56. The van der Waals surface area contributed by atoms with Crippen LogP contribution < -0.4 is 0 Å². The van der Waals surface area contributed by atoms with Gasteiger partial charge < -0.3 is 9.04 Å². The van der Waals surface area contributed by atoms with Crippen molar-refractivity contribution in [1.29, 1.82) is 0 Å². The molecular weight excluding hydrogens is 512 g/mol. The number of nitrogens with zero attached hydrogens (tertiary/aromatic N) is 1. The van der Waals surface area contributed by atoms with Gasteiger partial charge in [0.05, 0.1) is 26.2 Å². The minimum Gasteiger partial charge on any atom is -0.743 e. The molecule has 4 nitrogen and oxygen atoms in total. The van der Waals surface area contributed by atoms with Crippen LogP contribution >= 0.6 is 0 Å². The number of rotatable bonds is 14. The third-order valence-corrected chi connectivity index (χ3v) is 6.84. The molecule has 208 valence electrons. The van der Waals surface area contributed by atoms with Crippen LogP contribution in [0.15, 0.2) is 0 Å². The van der Waals surface area contributed by atoms with Gasteiger partial charge in [-0.2, -0.15) is 43.9 Å². The summed E-state index contributed by atoms with van der Waals surface area (Å²) in [5.41, 5.74) is 0. The van der Waals surface area contributed by atoms with Crippen LogP contribution in [0.25, 0.3) is 0 Å². The average molecular weight is 546 g/mol. The summed E-state index contributed by atoms with van der Waals surface area (Å²) in [5.74, 6) is -28.0. The first-order chi connectivity index (χ1) is 15.1. The van der Waals surface area contributed by atoms with Crippen LogP contribution in [-0.2, 0) is 10.1 Å². The molecule has 0 aliphatic heterocycles. The lowest BCUT2D eigenvalue weighted by molar-refractivity contribution is -0.921. The number of unbranched alkanes of at least 4 members (excludes halogenated alkanes) is 3. The van der Waals surface area contributed by atoms with E-state index in [1.807, 2.05) is 0 Å². The Morgan fingerprint density at radius 1 is 0.618 bits per heavy atom. The molecule has 0 saturated heterocycles. The third kappa shape index (κ3) is 7.11. The summed E-state index contributed by atoms with van der Waals surface area (Å²) < 4.78 is 163. The summed E-state index contributed by atoms with van der Waals surface area (Å²) in [5, 5.41) is -7.24. The van der Waals surface area contributed by atoms with E-state index < -0.39 is 51.9 Å². The average Bonchev–Trinajstić information content (AvgIpc) is 2.72. The fourth-order valence-electron chi connectivity index (χ4n) is 3.04. The third-order valence-electron chi connectivity index (χ3n) is 5.96. The second-order valence-corrected chi connectivity index (χ2v) is 9.24. The fraction of sp³-hybridized carbons (Fsp3) is 1.00. The van der Waals surface area contributed by atoms with E-state index in [1.165, 1.54) is 30.7 Å². The topological polar surface area (TPSA) is 57.2 Å². The van der Waals surface area contributed by atoms with Crippen LogP contribution in [0.4, 0.5) is 43.9 Å². The molecule has 0 spiro atoms. The van der Waals surface area contributed by atoms with E-state index in [0.29, 0.717) is 6.42 Å². The van der Waals surface area contributed by atoms with Crippen molar-refractivity contribution in [2.45, 2.75) is 95.7 Å². The van der Waals surface area contributed by atoms with Gasteiger partial charge in [-0.1, -0.05) is 26.2 Å². The van der Waals surface area contributed by atoms with Crippen LogP contribution in [0.2, 0.25) is 0 Å². The van der Waals surface area contributed by atoms with E-state index >= 15 is 0 Å². The lowest BCUT2D eigenvalue weighted by atomic mass is 9.94. The van der Waals surface area contributed by atoms with Gasteiger partial charge >= 0.3 is 28.9 Å². The van der Waals surface area contributed by atoms with E-state index in [1.54, 1.807) is 6.92 Å². The van der Waals surface area contributed by atoms with E-state index in [0.717, 1.165) is 0 Å². The van der Waals surface area contributed by atoms with Gasteiger partial charge in [-0.15, -0.1) is 0 Å². The highest BCUT2D eigenvalue weighted by atomic mass is 32.2. The summed E-state index contributed by atoms with van der Waals surface area (Å²) in [6.07, 6.45) is -2.37. The Balaban J connectivity index is 0. The van der Waals surface area contributed by atoms with E-state index in [4.69, 9.17) is 0 Å². The van der Waals surface area contributed by atoms with Crippen molar-refractivity contribution >= 4 is 10.1 Å². The SMILES string of the molecule is CCCCCCC(F)(F)C(F)(F)C(F)(F)C(F)(F)C(F)(F)S(=O)(=O)[O-].CC[N+](CC)(CC)CC. The highest BCUT2D eigenvalue weighted by Crippen LogP contribution is 2.58. The maximum atomic E-state index is 13.3. The molecule has 0 aliphatic rings. The van der Waals surface area contributed by atoms with Gasteiger partial charge in [-0.25, -0.2) is 8.42 Å². The molecule has 0 bridgehead atoms. The molecule has 0 aromatic heterocycles. The van der Waals surface area contributed by atoms with Crippen LogP contribution in [0.3, 0.4) is 0 Å². The zero-order valence-electron chi connectivity index (χ0n) is 19.7. The maximum Gasteiger partial charge on any atom is 0.402 e. The standard InChI is InChI=1S/C11H14F10O3S.C8H20N/c1-2-3-4-5-6-7(12,13)8(14,15)9(16,17)10(18,19)11(20,21)25(22,23)24;1-5-9(6-2,7-3)8-4/h2-6H2,1H3,(H,22,23,24);5-8H2,1-4H3/q;+1/p-1. The van der Waals surface area contributed by atoms with Crippen LogP contribution in [-0.4, -0.2) is 72.6 Å². The molecule has 0 atom stereocenters. The number of quaternary nitrogens is 1. The molecule has 0 fully saturated rings. The molecule has 0 unspecified atom stereocenters. The molecule has 0 radical (unpaired) electrons. The Labute approximate surface area is 194 Å². The number of halogens is 10. The predicted molar refractivity (Wildman–Crippen MR) is 106 cm³/mol. The van der Waals surface area contributed by atoms with Gasteiger partial charge in [0, 0.05) is 6.42 Å². The Morgan fingerprint density at radius 3 is 1.26 bits per heavy atom. The Morgan fingerprint density at radius 2 is 1.00 bits per heavy atom.